The Morgan fingerprint density at radius 1 is 1.29 bits per heavy atom. The molecule has 0 spiro atoms. The number of amides is 1. The Hall–Kier alpha value is -2.14. The summed E-state index contributed by atoms with van der Waals surface area (Å²) in [6.07, 6.45) is 2.39. The summed E-state index contributed by atoms with van der Waals surface area (Å²) in [4.78, 5) is 14.6. The molecule has 0 radical (unpaired) electrons. The second kappa shape index (κ2) is 7.18. The van der Waals surface area contributed by atoms with Crippen molar-refractivity contribution in [2.24, 2.45) is 0 Å². The highest BCUT2D eigenvalue weighted by molar-refractivity contribution is 5.94. The molecule has 0 aliphatic carbocycles. The average molecular weight is 326 g/mol. The monoisotopic (exact) mass is 326 g/mol. The first kappa shape index (κ1) is 16.7. The molecule has 1 fully saturated rings. The summed E-state index contributed by atoms with van der Waals surface area (Å²) in [5.41, 5.74) is 4.04. The Bertz CT molecular complexity index is 705. The number of benzene rings is 1. The maximum Gasteiger partial charge on any atom is 0.251 e. The maximum absolute atomic E-state index is 12.3. The van der Waals surface area contributed by atoms with Crippen molar-refractivity contribution < 1.29 is 4.79 Å². The minimum atomic E-state index is 0.00737. The van der Waals surface area contributed by atoms with Crippen LogP contribution in [0.3, 0.4) is 0 Å². The molecular formula is C19H26N4O. The highest BCUT2D eigenvalue weighted by Crippen LogP contribution is 2.14. The number of rotatable bonds is 5. The summed E-state index contributed by atoms with van der Waals surface area (Å²) in [7, 11) is 2.12. The van der Waals surface area contributed by atoms with Crippen LogP contribution in [0.1, 0.15) is 40.2 Å². The molecule has 1 aromatic heterocycles. The highest BCUT2D eigenvalue weighted by atomic mass is 16.1. The molecule has 1 aliphatic rings. The molecule has 1 saturated heterocycles. The Labute approximate surface area is 143 Å². The lowest BCUT2D eigenvalue weighted by atomic mass is 10.1. The molecule has 3 rings (SSSR count). The van der Waals surface area contributed by atoms with Crippen molar-refractivity contribution in [1.29, 1.82) is 0 Å². The SMILES string of the molecule is Cc1cc(C)n(Cc2ccc(C(=O)NC[C@@H]3CCCN3C)cc2)n1. The maximum atomic E-state index is 12.3. The summed E-state index contributed by atoms with van der Waals surface area (Å²) in [6, 6.07) is 10.4. The van der Waals surface area contributed by atoms with Crippen LogP contribution < -0.4 is 5.32 Å². The normalized spacial score (nSPS) is 18.0. The van der Waals surface area contributed by atoms with Gasteiger partial charge in [-0.1, -0.05) is 12.1 Å². The van der Waals surface area contributed by atoms with Gasteiger partial charge in [0, 0.05) is 23.8 Å². The van der Waals surface area contributed by atoms with Crippen molar-refractivity contribution in [1.82, 2.24) is 20.0 Å². The van der Waals surface area contributed by atoms with Gasteiger partial charge in [-0.3, -0.25) is 9.48 Å². The van der Waals surface area contributed by atoms with E-state index >= 15 is 0 Å². The first-order valence-corrected chi connectivity index (χ1v) is 8.61. The Kier molecular flexibility index (Phi) is 5.00. The zero-order chi connectivity index (χ0) is 17.1. The van der Waals surface area contributed by atoms with Crippen molar-refractivity contribution >= 4 is 5.91 Å². The topological polar surface area (TPSA) is 50.2 Å². The van der Waals surface area contributed by atoms with Crippen molar-refractivity contribution in [2.45, 2.75) is 39.3 Å². The molecular weight excluding hydrogens is 300 g/mol. The van der Waals surface area contributed by atoms with Gasteiger partial charge in [-0.15, -0.1) is 0 Å². The Balaban J connectivity index is 1.57. The summed E-state index contributed by atoms with van der Waals surface area (Å²) in [6.45, 7) is 6.64. The smallest absolute Gasteiger partial charge is 0.251 e. The molecule has 0 unspecified atom stereocenters. The van der Waals surface area contributed by atoms with Gasteiger partial charge in [0.05, 0.1) is 12.2 Å². The van der Waals surface area contributed by atoms with Crippen molar-refractivity contribution in [3.05, 3.63) is 52.8 Å². The van der Waals surface area contributed by atoms with E-state index in [0.717, 1.165) is 36.6 Å². The van der Waals surface area contributed by atoms with Gasteiger partial charge in [0.2, 0.25) is 0 Å². The molecule has 0 saturated carbocycles. The molecule has 2 heterocycles. The van der Waals surface area contributed by atoms with Crippen LogP contribution >= 0.6 is 0 Å². The molecule has 1 aliphatic heterocycles. The van der Waals surface area contributed by atoms with Gasteiger partial charge in [0.1, 0.15) is 0 Å². The van der Waals surface area contributed by atoms with E-state index in [1.807, 2.05) is 35.9 Å². The van der Waals surface area contributed by atoms with E-state index in [-0.39, 0.29) is 5.91 Å². The van der Waals surface area contributed by atoms with Crippen LogP contribution in [0.15, 0.2) is 30.3 Å². The third-order valence-corrected chi connectivity index (χ3v) is 4.82. The van der Waals surface area contributed by atoms with Gasteiger partial charge >= 0.3 is 0 Å². The second-order valence-electron chi connectivity index (χ2n) is 6.77. The fourth-order valence-electron chi connectivity index (χ4n) is 3.32. The van der Waals surface area contributed by atoms with Crippen LogP contribution in [0.5, 0.6) is 0 Å². The standard InChI is InChI=1S/C19H26N4O/c1-14-11-15(2)23(21-14)13-16-6-8-17(9-7-16)19(24)20-12-18-5-4-10-22(18)3/h6-9,11,18H,4-5,10,12-13H2,1-3H3,(H,20,24)/t18-/m0/s1. The summed E-state index contributed by atoms with van der Waals surface area (Å²) in [5.74, 6) is 0.00737. The van der Waals surface area contributed by atoms with Crippen LogP contribution in [0, 0.1) is 13.8 Å². The zero-order valence-corrected chi connectivity index (χ0v) is 14.7. The number of carbonyl (C=O) groups is 1. The summed E-state index contributed by atoms with van der Waals surface area (Å²) >= 11 is 0. The van der Waals surface area contributed by atoms with E-state index in [0.29, 0.717) is 11.6 Å². The lowest BCUT2D eigenvalue weighted by Crippen LogP contribution is -2.38. The molecule has 24 heavy (non-hydrogen) atoms. The molecule has 2 aromatic rings. The van der Waals surface area contributed by atoms with Gasteiger partial charge in [-0.25, -0.2) is 0 Å². The Morgan fingerprint density at radius 3 is 2.62 bits per heavy atom. The number of nitrogens with zero attached hydrogens (tertiary/aromatic N) is 3. The fourth-order valence-corrected chi connectivity index (χ4v) is 3.32. The molecule has 1 N–H and O–H groups in total. The molecule has 1 atom stereocenters. The number of hydrogen-bond donors (Lipinski definition) is 1. The fraction of sp³-hybridized carbons (Fsp3) is 0.474. The third kappa shape index (κ3) is 3.85. The number of likely N-dealkylation sites (tertiary alicyclic amines) is 1. The summed E-state index contributed by atoms with van der Waals surface area (Å²) in [5, 5.41) is 7.53. The predicted octanol–water partition coefficient (Wildman–Crippen LogP) is 2.37. The van der Waals surface area contributed by atoms with E-state index in [4.69, 9.17) is 0 Å². The van der Waals surface area contributed by atoms with Crippen LogP contribution in [-0.4, -0.2) is 46.8 Å². The molecule has 5 heteroatoms. The van der Waals surface area contributed by atoms with Crippen LogP contribution in [0.25, 0.3) is 0 Å². The van der Waals surface area contributed by atoms with Gasteiger partial charge in [-0.05, 0) is 64.0 Å². The highest BCUT2D eigenvalue weighted by Gasteiger charge is 2.21. The number of likely N-dealkylation sites (N-methyl/N-ethyl adjacent to an activating group) is 1. The quantitative estimate of drug-likeness (QED) is 0.918. The van der Waals surface area contributed by atoms with Gasteiger partial charge in [0.15, 0.2) is 0 Å². The predicted molar refractivity (Wildman–Crippen MR) is 95.2 cm³/mol. The van der Waals surface area contributed by atoms with Crippen LogP contribution in [0.4, 0.5) is 0 Å². The number of aryl methyl sites for hydroxylation is 2. The minimum absolute atomic E-state index is 0.00737. The first-order chi connectivity index (χ1) is 11.5. The molecule has 0 bridgehead atoms. The summed E-state index contributed by atoms with van der Waals surface area (Å²) < 4.78 is 1.99. The minimum Gasteiger partial charge on any atom is -0.350 e. The van der Waals surface area contributed by atoms with E-state index in [2.05, 4.69) is 35.4 Å². The van der Waals surface area contributed by atoms with E-state index in [1.54, 1.807) is 0 Å². The van der Waals surface area contributed by atoms with Crippen molar-refractivity contribution in [2.75, 3.05) is 20.1 Å². The van der Waals surface area contributed by atoms with Gasteiger partial charge < -0.3 is 10.2 Å². The number of aromatic nitrogens is 2. The Morgan fingerprint density at radius 2 is 2.04 bits per heavy atom. The van der Waals surface area contributed by atoms with Crippen molar-refractivity contribution in [3.8, 4) is 0 Å². The zero-order valence-electron chi connectivity index (χ0n) is 14.7. The second-order valence-corrected chi connectivity index (χ2v) is 6.77. The molecule has 1 aromatic carbocycles. The van der Waals surface area contributed by atoms with Gasteiger partial charge in [-0.2, -0.15) is 5.10 Å². The van der Waals surface area contributed by atoms with Crippen LogP contribution in [-0.2, 0) is 6.54 Å². The first-order valence-electron chi connectivity index (χ1n) is 8.61. The number of nitrogens with one attached hydrogen (secondary N) is 1. The molecule has 128 valence electrons. The van der Waals surface area contributed by atoms with E-state index < -0.39 is 0 Å². The van der Waals surface area contributed by atoms with E-state index in [1.165, 1.54) is 12.8 Å². The molecule has 1 amide bonds. The van der Waals surface area contributed by atoms with E-state index in [9.17, 15) is 4.79 Å². The number of carbonyl (C=O) groups excluding carboxylic acids is 1. The average Bonchev–Trinajstić information content (AvgIpc) is 3.11. The lowest BCUT2D eigenvalue weighted by molar-refractivity contribution is 0.0943. The lowest BCUT2D eigenvalue weighted by Gasteiger charge is -2.19. The van der Waals surface area contributed by atoms with Crippen molar-refractivity contribution in [3.63, 3.8) is 0 Å². The number of hydrogen-bond acceptors (Lipinski definition) is 3. The van der Waals surface area contributed by atoms with Gasteiger partial charge in [0.25, 0.3) is 5.91 Å². The third-order valence-electron chi connectivity index (χ3n) is 4.82. The largest absolute Gasteiger partial charge is 0.350 e. The van der Waals surface area contributed by atoms with Crippen LogP contribution in [0.2, 0.25) is 0 Å². The molecule has 5 nitrogen and oxygen atoms in total.